The van der Waals surface area contributed by atoms with E-state index < -0.39 is 0 Å². The van der Waals surface area contributed by atoms with E-state index in [4.69, 9.17) is 0 Å². The summed E-state index contributed by atoms with van der Waals surface area (Å²) in [5.74, 6) is 4.51. The molecule has 166 valence electrons. The maximum absolute atomic E-state index is 10.2. The normalized spacial score (nSPS) is 46.3. The number of aliphatic imine (C=N–C) groups is 1. The average Bonchev–Trinajstić information content (AvgIpc) is 3.35. The fourth-order valence-electron chi connectivity index (χ4n) is 8.34. The Labute approximate surface area is 181 Å². The topological polar surface area (TPSA) is 69.0 Å². The summed E-state index contributed by atoms with van der Waals surface area (Å²) in [7, 11) is 0. The number of nitrogens with zero attached hydrogens (tertiary/aromatic N) is 2. The Balaban J connectivity index is 1.31. The molecule has 3 fully saturated rings. The van der Waals surface area contributed by atoms with Crippen LogP contribution in [0.5, 0.6) is 0 Å². The molecule has 0 amide bonds. The van der Waals surface area contributed by atoms with Gasteiger partial charge < -0.3 is 10.4 Å². The van der Waals surface area contributed by atoms with Gasteiger partial charge in [-0.1, -0.05) is 32.4 Å². The number of nitrogens with one attached hydrogen (secondary N) is 2. The molecular formula is C25H40N4O. The molecule has 5 heteroatoms. The molecule has 0 bridgehead atoms. The summed E-state index contributed by atoms with van der Waals surface area (Å²) in [5, 5.41) is 18.0. The lowest BCUT2D eigenvalue weighted by Crippen LogP contribution is -2.50. The molecule has 1 unspecified atom stereocenters. The summed E-state index contributed by atoms with van der Waals surface area (Å²) in [6, 6.07) is 0. The van der Waals surface area contributed by atoms with Crippen LogP contribution in [-0.4, -0.2) is 36.5 Å². The number of aliphatic hydroxyl groups is 1. The maximum atomic E-state index is 10.2. The molecule has 5 aliphatic rings. The van der Waals surface area contributed by atoms with E-state index in [1.807, 2.05) is 0 Å². The number of aliphatic hydroxyl groups excluding tert-OH is 1. The van der Waals surface area contributed by atoms with Gasteiger partial charge in [-0.3, -0.25) is 0 Å². The van der Waals surface area contributed by atoms with Crippen LogP contribution in [0.2, 0.25) is 0 Å². The number of rotatable bonds is 3. The molecule has 0 radical (unpaired) electrons. The van der Waals surface area contributed by atoms with E-state index in [2.05, 4.69) is 53.9 Å². The maximum Gasteiger partial charge on any atom is 0.212 e. The second-order valence-corrected chi connectivity index (χ2v) is 11.3. The van der Waals surface area contributed by atoms with Crippen molar-refractivity contribution in [1.29, 1.82) is 0 Å². The third-order valence-corrected chi connectivity index (χ3v) is 9.94. The molecule has 4 aliphatic carbocycles. The van der Waals surface area contributed by atoms with Crippen molar-refractivity contribution in [2.24, 2.45) is 50.5 Å². The molecular weight excluding hydrogens is 372 g/mol. The van der Waals surface area contributed by atoms with Crippen molar-refractivity contribution in [2.75, 3.05) is 13.1 Å². The molecule has 0 aromatic heterocycles. The third-order valence-electron chi connectivity index (χ3n) is 9.94. The van der Waals surface area contributed by atoms with Crippen molar-refractivity contribution in [2.45, 2.75) is 78.2 Å². The Hall–Kier alpha value is -1.36. The van der Waals surface area contributed by atoms with Crippen molar-refractivity contribution < 1.29 is 5.11 Å². The lowest BCUT2D eigenvalue weighted by molar-refractivity contribution is -0.0529. The minimum atomic E-state index is -0.107. The number of hydrazone groups is 1. The highest BCUT2D eigenvalue weighted by molar-refractivity contribution is 5.81. The standard InChI is InChI=1S/C25H40N4O/c1-16(15-28-29-23-26-12-13-27-23)20-6-7-21-19-5-4-17-14-18(30)8-10-24(17,2)22(19)9-11-25(20,21)3/h4,15-16,18-22,30H,5-14H2,1-3H3,(H2,26,27,29)/b28-15+/t16?,18-,19-,20+,21-,22-,24-,25+/m0/s1. The molecule has 30 heavy (non-hydrogen) atoms. The highest BCUT2D eigenvalue weighted by Gasteiger charge is 2.59. The van der Waals surface area contributed by atoms with E-state index in [1.165, 1.54) is 38.5 Å². The van der Waals surface area contributed by atoms with Gasteiger partial charge in [0.05, 0.1) is 12.6 Å². The fraction of sp³-hybridized carbons (Fsp3) is 0.840. The second kappa shape index (κ2) is 7.65. The van der Waals surface area contributed by atoms with Gasteiger partial charge in [-0.15, -0.1) is 0 Å². The molecule has 3 saturated carbocycles. The van der Waals surface area contributed by atoms with Crippen LogP contribution >= 0.6 is 0 Å². The van der Waals surface area contributed by atoms with Crippen molar-refractivity contribution in [3.8, 4) is 0 Å². The molecule has 0 aromatic carbocycles. The highest BCUT2D eigenvalue weighted by atomic mass is 16.3. The zero-order valence-electron chi connectivity index (χ0n) is 19.0. The van der Waals surface area contributed by atoms with E-state index in [-0.39, 0.29) is 6.10 Å². The summed E-state index contributed by atoms with van der Waals surface area (Å²) in [4.78, 5) is 4.36. The Morgan fingerprint density at radius 1 is 1.23 bits per heavy atom. The zero-order chi connectivity index (χ0) is 20.9. The van der Waals surface area contributed by atoms with Gasteiger partial charge in [0.1, 0.15) is 0 Å². The largest absolute Gasteiger partial charge is 0.393 e. The van der Waals surface area contributed by atoms with Crippen LogP contribution in [-0.2, 0) is 0 Å². The molecule has 8 atom stereocenters. The molecule has 1 heterocycles. The molecule has 3 N–H and O–H groups in total. The molecule has 1 aliphatic heterocycles. The predicted molar refractivity (Wildman–Crippen MR) is 122 cm³/mol. The predicted octanol–water partition coefficient (Wildman–Crippen LogP) is 4.10. The molecule has 0 aromatic rings. The van der Waals surface area contributed by atoms with E-state index in [0.717, 1.165) is 55.6 Å². The molecule has 5 nitrogen and oxygen atoms in total. The Morgan fingerprint density at radius 2 is 2.10 bits per heavy atom. The number of fused-ring (bicyclic) bond motifs is 5. The van der Waals surface area contributed by atoms with E-state index >= 15 is 0 Å². The van der Waals surface area contributed by atoms with Gasteiger partial charge in [0, 0.05) is 12.8 Å². The van der Waals surface area contributed by atoms with Crippen LogP contribution in [0, 0.1) is 40.4 Å². The Bertz CT molecular complexity index is 760. The summed E-state index contributed by atoms with van der Waals surface area (Å²) < 4.78 is 0. The first-order chi connectivity index (χ1) is 14.4. The molecule has 0 saturated heterocycles. The van der Waals surface area contributed by atoms with Crippen LogP contribution in [0.25, 0.3) is 0 Å². The van der Waals surface area contributed by atoms with Gasteiger partial charge >= 0.3 is 0 Å². The van der Waals surface area contributed by atoms with Gasteiger partial charge in [-0.2, -0.15) is 5.10 Å². The smallest absolute Gasteiger partial charge is 0.212 e. The first-order valence-corrected chi connectivity index (χ1v) is 12.4. The van der Waals surface area contributed by atoms with E-state index in [9.17, 15) is 5.11 Å². The van der Waals surface area contributed by atoms with Crippen LogP contribution in [0.4, 0.5) is 0 Å². The summed E-state index contributed by atoms with van der Waals surface area (Å²) in [5.41, 5.74) is 5.44. The monoisotopic (exact) mass is 412 g/mol. The second-order valence-electron chi connectivity index (χ2n) is 11.3. The number of hydrogen-bond donors (Lipinski definition) is 3. The Kier molecular flexibility index (Phi) is 5.24. The van der Waals surface area contributed by atoms with Crippen LogP contribution in [0.15, 0.2) is 21.7 Å². The quantitative estimate of drug-likeness (QED) is 0.371. The summed E-state index contributed by atoms with van der Waals surface area (Å²) in [6.07, 6.45) is 14.3. The van der Waals surface area contributed by atoms with Crippen LogP contribution in [0.3, 0.4) is 0 Å². The van der Waals surface area contributed by atoms with Crippen LogP contribution < -0.4 is 10.7 Å². The minimum Gasteiger partial charge on any atom is -0.393 e. The number of guanidine groups is 1. The Morgan fingerprint density at radius 3 is 2.90 bits per heavy atom. The first kappa shape index (κ1) is 20.5. The lowest BCUT2D eigenvalue weighted by Gasteiger charge is -2.58. The van der Waals surface area contributed by atoms with Crippen molar-refractivity contribution in [3.63, 3.8) is 0 Å². The first-order valence-electron chi connectivity index (χ1n) is 12.4. The van der Waals surface area contributed by atoms with Crippen LogP contribution in [0.1, 0.15) is 72.1 Å². The molecule has 0 spiro atoms. The van der Waals surface area contributed by atoms with Gasteiger partial charge in [-0.25, -0.2) is 10.4 Å². The molecule has 5 rings (SSSR count). The van der Waals surface area contributed by atoms with Gasteiger partial charge in [0.2, 0.25) is 5.96 Å². The highest BCUT2D eigenvalue weighted by Crippen LogP contribution is 2.67. The summed E-state index contributed by atoms with van der Waals surface area (Å²) >= 11 is 0. The fourth-order valence-corrected chi connectivity index (χ4v) is 8.34. The third kappa shape index (κ3) is 3.23. The zero-order valence-corrected chi connectivity index (χ0v) is 19.0. The van der Waals surface area contributed by atoms with Crippen molar-refractivity contribution >= 4 is 12.2 Å². The minimum absolute atomic E-state index is 0.107. The van der Waals surface area contributed by atoms with E-state index in [0.29, 0.717) is 16.7 Å². The van der Waals surface area contributed by atoms with Crippen molar-refractivity contribution in [3.05, 3.63) is 11.6 Å². The van der Waals surface area contributed by atoms with Gasteiger partial charge in [0.15, 0.2) is 0 Å². The average molecular weight is 413 g/mol. The number of hydrogen-bond acceptors (Lipinski definition) is 5. The SMILES string of the molecule is CC(/C=N/NC1=NCCN1)[C@H]1CC[C@H]2[C@@H]3CC=C4C[C@@H](O)CC[C@]4(C)[C@H]3CC[C@]12C. The van der Waals surface area contributed by atoms with Gasteiger partial charge in [-0.05, 0) is 91.8 Å². The number of allylic oxidation sites excluding steroid dienone is 1. The van der Waals surface area contributed by atoms with Crippen molar-refractivity contribution in [1.82, 2.24) is 10.7 Å². The summed E-state index contributed by atoms with van der Waals surface area (Å²) in [6.45, 7) is 9.23. The van der Waals surface area contributed by atoms with Gasteiger partial charge in [0.25, 0.3) is 0 Å². The lowest BCUT2D eigenvalue weighted by atomic mass is 9.47. The van der Waals surface area contributed by atoms with E-state index in [1.54, 1.807) is 5.57 Å².